The van der Waals surface area contributed by atoms with E-state index in [2.05, 4.69) is 5.32 Å². The highest BCUT2D eigenvalue weighted by Gasteiger charge is 2.35. The Hall–Kier alpha value is -1.14. The van der Waals surface area contributed by atoms with Crippen LogP contribution in [-0.2, 0) is 14.3 Å². The standard InChI is InChI=1S/C10H19N3O3/c11-8(14)2-1-5-13-9(15)10(12)3-6-16-7-4-10/h1-7,12H2,(H2,11,14)(H,13,15). The molecule has 0 atom stereocenters. The molecule has 1 rings (SSSR count). The second-order valence-electron chi connectivity index (χ2n) is 4.09. The van der Waals surface area contributed by atoms with Crippen LogP contribution < -0.4 is 16.8 Å². The Kier molecular flexibility index (Phi) is 4.70. The molecule has 1 aliphatic rings. The van der Waals surface area contributed by atoms with E-state index in [0.29, 0.717) is 39.0 Å². The van der Waals surface area contributed by atoms with E-state index in [0.717, 1.165) is 0 Å². The van der Waals surface area contributed by atoms with Gasteiger partial charge in [-0.1, -0.05) is 0 Å². The summed E-state index contributed by atoms with van der Waals surface area (Å²) in [5, 5.41) is 2.72. The zero-order valence-corrected chi connectivity index (χ0v) is 9.33. The van der Waals surface area contributed by atoms with Crippen molar-refractivity contribution in [3.05, 3.63) is 0 Å². The van der Waals surface area contributed by atoms with Gasteiger partial charge in [0.25, 0.3) is 0 Å². The van der Waals surface area contributed by atoms with Crippen LogP contribution in [-0.4, -0.2) is 37.1 Å². The van der Waals surface area contributed by atoms with Crippen molar-refractivity contribution < 1.29 is 14.3 Å². The molecule has 1 heterocycles. The number of amides is 2. The number of hydrogen-bond donors (Lipinski definition) is 3. The average Bonchev–Trinajstić information content (AvgIpc) is 2.25. The fourth-order valence-corrected chi connectivity index (χ4v) is 1.60. The third-order valence-corrected chi connectivity index (χ3v) is 2.72. The van der Waals surface area contributed by atoms with Crippen molar-refractivity contribution in [3.63, 3.8) is 0 Å². The molecular weight excluding hydrogens is 210 g/mol. The summed E-state index contributed by atoms with van der Waals surface area (Å²) in [6.07, 6.45) is 1.90. The Morgan fingerprint density at radius 3 is 2.50 bits per heavy atom. The molecule has 92 valence electrons. The number of nitrogens with one attached hydrogen (secondary N) is 1. The topological polar surface area (TPSA) is 107 Å². The second kappa shape index (κ2) is 5.81. The van der Waals surface area contributed by atoms with Crippen molar-refractivity contribution in [2.45, 2.75) is 31.2 Å². The number of carbonyl (C=O) groups is 2. The van der Waals surface area contributed by atoms with E-state index in [-0.39, 0.29) is 18.2 Å². The highest BCUT2D eigenvalue weighted by atomic mass is 16.5. The highest BCUT2D eigenvalue weighted by Crippen LogP contribution is 2.17. The van der Waals surface area contributed by atoms with Crippen molar-refractivity contribution in [2.75, 3.05) is 19.8 Å². The molecule has 0 radical (unpaired) electrons. The van der Waals surface area contributed by atoms with Crippen LogP contribution in [0.5, 0.6) is 0 Å². The molecule has 2 amide bonds. The molecule has 0 saturated carbocycles. The maximum Gasteiger partial charge on any atom is 0.240 e. The molecule has 0 aromatic heterocycles. The molecule has 16 heavy (non-hydrogen) atoms. The summed E-state index contributed by atoms with van der Waals surface area (Å²) in [7, 11) is 0. The molecule has 1 fully saturated rings. The van der Waals surface area contributed by atoms with Gasteiger partial charge >= 0.3 is 0 Å². The van der Waals surface area contributed by atoms with Crippen molar-refractivity contribution in [1.82, 2.24) is 5.32 Å². The largest absolute Gasteiger partial charge is 0.381 e. The minimum Gasteiger partial charge on any atom is -0.381 e. The number of hydrogen-bond acceptors (Lipinski definition) is 4. The van der Waals surface area contributed by atoms with Crippen LogP contribution in [0.25, 0.3) is 0 Å². The van der Waals surface area contributed by atoms with Gasteiger partial charge < -0.3 is 21.5 Å². The van der Waals surface area contributed by atoms with Gasteiger partial charge in [0.1, 0.15) is 0 Å². The quantitative estimate of drug-likeness (QED) is 0.519. The van der Waals surface area contributed by atoms with Crippen LogP contribution in [0.3, 0.4) is 0 Å². The lowest BCUT2D eigenvalue weighted by atomic mass is 9.90. The van der Waals surface area contributed by atoms with Crippen LogP contribution in [0, 0.1) is 0 Å². The number of primary amides is 1. The monoisotopic (exact) mass is 229 g/mol. The average molecular weight is 229 g/mol. The van der Waals surface area contributed by atoms with E-state index in [4.69, 9.17) is 16.2 Å². The number of carbonyl (C=O) groups excluding carboxylic acids is 2. The smallest absolute Gasteiger partial charge is 0.240 e. The Labute approximate surface area is 94.7 Å². The molecule has 5 N–H and O–H groups in total. The minimum atomic E-state index is -0.815. The number of nitrogens with two attached hydrogens (primary N) is 2. The first kappa shape index (κ1) is 12.9. The Bertz CT molecular complexity index is 262. The summed E-state index contributed by atoms with van der Waals surface area (Å²) in [5.41, 5.74) is 10.1. The molecule has 0 unspecified atom stereocenters. The predicted octanol–water partition coefficient (Wildman–Crippen LogP) is -1.12. The van der Waals surface area contributed by atoms with E-state index < -0.39 is 5.54 Å². The molecule has 0 aliphatic carbocycles. The zero-order chi connectivity index (χ0) is 12.0. The van der Waals surface area contributed by atoms with Crippen molar-refractivity contribution in [1.29, 1.82) is 0 Å². The van der Waals surface area contributed by atoms with Crippen molar-refractivity contribution >= 4 is 11.8 Å². The van der Waals surface area contributed by atoms with E-state index in [1.807, 2.05) is 0 Å². The van der Waals surface area contributed by atoms with Gasteiger partial charge in [-0.3, -0.25) is 9.59 Å². The van der Waals surface area contributed by atoms with Crippen LogP contribution in [0.1, 0.15) is 25.7 Å². The van der Waals surface area contributed by atoms with E-state index in [1.54, 1.807) is 0 Å². The van der Waals surface area contributed by atoms with E-state index >= 15 is 0 Å². The molecule has 0 aromatic rings. The third kappa shape index (κ3) is 3.79. The van der Waals surface area contributed by atoms with Crippen molar-refractivity contribution in [2.24, 2.45) is 11.5 Å². The van der Waals surface area contributed by atoms with Gasteiger partial charge in [0.15, 0.2) is 0 Å². The van der Waals surface area contributed by atoms with E-state index in [9.17, 15) is 9.59 Å². The van der Waals surface area contributed by atoms with Gasteiger partial charge in [-0.15, -0.1) is 0 Å². The number of rotatable bonds is 5. The maximum atomic E-state index is 11.8. The Morgan fingerprint density at radius 1 is 1.31 bits per heavy atom. The molecule has 1 saturated heterocycles. The molecule has 0 aromatic carbocycles. The summed E-state index contributed by atoms with van der Waals surface area (Å²) >= 11 is 0. The van der Waals surface area contributed by atoms with Gasteiger partial charge in [0, 0.05) is 26.2 Å². The second-order valence-corrected chi connectivity index (χ2v) is 4.09. The normalized spacial score (nSPS) is 19.1. The molecular formula is C10H19N3O3. The van der Waals surface area contributed by atoms with Gasteiger partial charge in [-0.25, -0.2) is 0 Å². The first-order valence-corrected chi connectivity index (χ1v) is 5.48. The van der Waals surface area contributed by atoms with Crippen LogP contribution in [0.15, 0.2) is 0 Å². The summed E-state index contributed by atoms with van der Waals surface area (Å²) in [5.74, 6) is -0.525. The van der Waals surface area contributed by atoms with Crippen LogP contribution in [0.2, 0.25) is 0 Å². The Balaban J connectivity index is 2.25. The van der Waals surface area contributed by atoms with E-state index in [1.165, 1.54) is 0 Å². The Morgan fingerprint density at radius 2 is 1.94 bits per heavy atom. The first-order chi connectivity index (χ1) is 7.54. The minimum absolute atomic E-state index is 0.166. The summed E-state index contributed by atoms with van der Waals surface area (Å²) in [6, 6.07) is 0. The maximum absolute atomic E-state index is 11.8. The summed E-state index contributed by atoms with van der Waals surface area (Å²) in [6.45, 7) is 1.47. The predicted molar refractivity (Wildman–Crippen MR) is 58.4 cm³/mol. The number of ether oxygens (including phenoxy) is 1. The molecule has 6 nitrogen and oxygen atoms in total. The molecule has 1 aliphatic heterocycles. The molecule has 0 bridgehead atoms. The fourth-order valence-electron chi connectivity index (χ4n) is 1.60. The highest BCUT2D eigenvalue weighted by molar-refractivity contribution is 5.86. The van der Waals surface area contributed by atoms with Gasteiger partial charge in [-0.2, -0.15) is 0 Å². The van der Waals surface area contributed by atoms with Crippen LogP contribution in [0.4, 0.5) is 0 Å². The zero-order valence-electron chi connectivity index (χ0n) is 9.33. The SMILES string of the molecule is NC(=O)CCCNC(=O)C1(N)CCOCC1. The van der Waals surface area contributed by atoms with Gasteiger partial charge in [0.2, 0.25) is 11.8 Å². The van der Waals surface area contributed by atoms with Crippen LogP contribution >= 0.6 is 0 Å². The fraction of sp³-hybridized carbons (Fsp3) is 0.800. The third-order valence-electron chi connectivity index (χ3n) is 2.72. The van der Waals surface area contributed by atoms with Crippen molar-refractivity contribution in [3.8, 4) is 0 Å². The lowest BCUT2D eigenvalue weighted by Crippen LogP contribution is -2.57. The summed E-state index contributed by atoms with van der Waals surface area (Å²) < 4.78 is 5.15. The lowest BCUT2D eigenvalue weighted by Gasteiger charge is -2.31. The van der Waals surface area contributed by atoms with Gasteiger partial charge in [-0.05, 0) is 19.3 Å². The lowest BCUT2D eigenvalue weighted by molar-refractivity contribution is -0.130. The summed E-state index contributed by atoms with van der Waals surface area (Å²) in [4.78, 5) is 22.2. The molecule has 6 heteroatoms. The first-order valence-electron chi connectivity index (χ1n) is 5.48. The van der Waals surface area contributed by atoms with Gasteiger partial charge in [0.05, 0.1) is 5.54 Å². The molecule has 0 spiro atoms.